The number of ether oxygens (including phenoxy) is 3. The molecule has 2 aromatic carbocycles. The molecule has 3 rings (SSSR count). The molecule has 1 amide bonds. The largest absolute Gasteiger partial charge is 0.486 e. The first-order valence-corrected chi connectivity index (χ1v) is 8.52. The smallest absolute Gasteiger partial charge is 0.338 e. The van der Waals surface area contributed by atoms with Crippen LogP contribution < -0.4 is 14.8 Å². The Morgan fingerprint density at radius 1 is 1.15 bits per heavy atom. The SMILES string of the molecule is C[C@@H](NC(=O)COC(=O)c1ccc2c(c1)OCCO2)c1cccc(Cl)c1. The van der Waals surface area contributed by atoms with Crippen molar-refractivity contribution in [3.8, 4) is 11.5 Å². The van der Waals surface area contributed by atoms with Crippen LogP contribution in [0.2, 0.25) is 5.02 Å². The Hall–Kier alpha value is -2.73. The third-order valence-corrected chi connectivity index (χ3v) is 4.07. The predicted molar refractivity (Wildman–Crippen MR) is 95.7 cm³/mol. The van der Waals surface area contributed by atoms with Crippen molar-refractivity contribution in [1.82, 2.24) is 5.32 Å². The first-order chi connectivity index (χ1) is 12.5. The molecular weight excluding hydrogens is 358 g/mol. The quantitative estimate of drug-likeness (QED) is 0.813. The number of hydrogen-bond acceptors (Lipinski definition) is 5. The molecule has 0 saturated carbocycles. The summed E-state index contributed by atoms with van der Waals surface area (Å²) < 4.78 is 15.9. The Kier molecular flexibility index (Phi) is 5.63. The highest BCUT2D eigenvalue weighted by Crippen LogP contribution is 2.30. The van der Waals surface area contributed by atoms with Gasteiger partial charge in [-0.15, -0.1) is 0 Å². The molecule has 0 saturated heterocycles. The molecule has 1 N–H and O–H groups in total. The summed E-state index contributed by atoms with van der Waals surface area (Å²) in [5, 5.41) is 3.35. The minimum Gasteiger partial charge on any atom is -0.486 e. The molecule has 0 unspecified atom stereocenters. The van der Waals surface area contributed by atoms with E-state index in [4.69, 9.17) is 25.8 Å². The zero-order chi connectivity index (χ0) is 18.5. The molecule has 136 valence electrons. The normalized spacial score (nSPS) is 13.6. The average Bonchev–Trinajstić information content (AvgIpc) is 2.65. The molecule has 0 radical (unpaired) electrons. The van der Waals surface area contributed by atoms with Crippen molar-refractivity contribution in [2.45, 2.75) is 13.0 Å². The maximum absolute atomic E-state index is 12.1. The van der Waals surface area contributed by atoms with Gasteiger partial charge in [-0.3, -0.25) is 4.79 Å². The van der Waals surface area contributed by atoms with Gasteiger partial charge in [0.25, 0.3) is 5.91 Å². The van der Waals surface area contributed by atoms with Crippen LogP contribution in [0.4, 0.5) is 0 Å². The number of nitrogens with one attached hydrogen (secondary N) is 1. The molecule has 7 heteroatoms. The van der Waals surface area contributed by atoms with Crippen LogP contribution in [-0.2, 0) is 9.53 Å². The number of hydrogen-bond donors (Lipinski definition) is 1. The van der Waals surface area contributed by atoms with Crippen molar-refractivity contribution < 1.29 is 23.8 Å². The topological polar surface area (TPSA) is 73.9 Å². The van der Waals surface area contributed by atoms with Crippen LogP contribution in [0.25, 0.3) is 0 Å². The lowest BCUT2D eigenvalue weighted by Gasteiger charge is -2.18. The van der Waals surface area contributed by atoms with Crippen LogP contribution in [0, 0.1) is 0 Å². The fourth-order valence-electron chi connectivity index (χ4n) is 2.53. The maximum Gasteiger partial charge on any atom is 0.338 e. The first-order valence-electron chi connectivity index (χ1n) is 8.14. The summed E-state index contributed by atoms with van der Waals surface area (Å²) >= 11 is 5.95. The van der Waals surface area contributed by atoms with E-state index in [0.29, 0.717) is 35.3 Å². The van der Waals surface area contributed by atoms with Gasteiger partial charge in [-0.2, -0.15) is 0 Å². The van der Waals surface area contributed by atoms with E-state index in [1.807, 2.05) is 19.1 Å². The number of halogens is 1. The van der Waals surface area contributed by atoms with E-state index in [1.165, 1.54) is 0 Å². The zero-order valence-corrected chi connectivity index (χ0v) is 14.9. The van der Waals surface area contributed by atoms with Gasteiger partial charge in [0.2, 0.25) is 0 Å². The lowest BCUT2D eigenvalue weighted by atomic mass is 10.1. The number of rotatable bonds is 5. The van der Waals surface area contributed by atoms with Gasteiger partial charge in [0.1, 0.15) is 13.2 Å². The Bertz CT molecular complexity index is 823. The van der Waals surface area contributed by atoms with E-state index >= 15 is 0 Å². The van der Waals surface area contributed by atoms with Gasteiger partial charge in [-0.25, -0.2) is 4.79 Å². The molecule has 1 aliphatic rings. The summed E-state index contributed by atoms with van der Waals surface area (Å²) in [6, 6.07) is 11.7. The Morgan fingerprint density at radius 3 is 2.69 bits per heavy atom. The highest BCUT2D eigenvalue weighted by atomic mass is 35.5. The van der Waals surface area contributed by atoms with Gasteiger partial charge in [0.15, 0.2) is 18.1 Å². The number of benzene rings is 2. The molecule has 1 aliphatic heterocycles. The molecular formula is C19H18ClNO5. The van der Waals surface area contributed by atoms with Crippen molar-refractivity contribution in [2.75, 3.05) is 19.8 Å². The standard InChI is InChI=1S/C19H18ClNO5/c1-12(13-3-2-4-15(20)9-13)21-18(22)11-26-19(23)14-5-6-16-17(10-14)25-8-7-24-16/h2-6,9-10,12H,7-8,11H2,1H3,(H,21,22)/t12-/m1/s1. The fraction of sp³-hybridized carbons (Fsp3) is 0.263. The zero-order valence-electron chi connectivity index (χ0n) is 14.2. The van der Waals surface area contributed by atoms with E-state index in [0.717, 1.165) is 5.56 Å². The summed E-state index contributed by atoms with van der Waals surface area (Å²) in [5.41, 5.74) is 1.16. The van der Waals surface area contributed by atoms with Gasteiger partial charge in [0, 0.05) is 5.02 Å². The van der Waals surface area contributed by atoms with Gasteiger partial charge in [-0.1, -0.05) is 23.7 Å². The van der Waals surface area contributed by atoms with Crippen LogP contribution in [0.15, 0.2) is 42.5 Å². The lowest BCUT2D eigenvalue weighted by Crippen LogP contribution is -2.31. The predicted octanol–water partition coefficient (Wildman–Crippen LogP) is 3.15. The number of esters is 1. The maximum atomic E-state index is 12.1. The van der Waals surface area contributed by atoms with Crippen molar-refractivity contribution in [3.05, 3.63) is 58.6 Å². The van der Waals surface area contributed by atoms with Crippen molar-refractivity contribution in [1.29, 1.82) is 0 Å². The van der Waals surface area contributed by atoms with E-state index in [9.17, 15) is 9.59 Å². The second kappa shape index (κ2) is 8.10. The van der Waals surface area contributed by atoms with Crippen LogP contribution in [0.3, 0.4) is 0 Å². The average molecular weight is 376 g/mol. The molecule has 0 bridgehead atoms. The van der Waals surface area contributed by atoms with Crippen LogP contribution in [0.5, 0.6) is 11.5 Å². The third kappa shape index (κ3) is 4.46. The van der Waals surface area contributed by atoms with Gasteiger partial charge in [-0.05, 0) is 42.8 Å². The molecule has 0 aliphatic carbocycles. The summed E-state index contributed by atoms with van der Waals surface area (Å²) in [4.78, 5) is 24.1. The van der Waals surface area contributed by atoms with Crippen LogP contribution in [-0.4, -0.2) is 31.7 Å². The number of carbonyl (C=O) groups is 2. The molecule has 26 heavy (non-hydrogen) atoms. The Labute approximate surface area is 156 Å². The number of amides is 1. The number of carbonyl (C=O) groups excluding carboxylic acids is 2. The molecule has 6 nitrogen and oxygen atoms in total. The van der Waals surface area contributed by atoms with Crippen LogP contribution >= 0.6 is 11.6 Å². The minimum atomic E-state index is -0.604. The lowest BCUT2D eigenvalue weighted by molar-refractivity contribution is -0.124. The van der Waals surface area contributed by atoms with Gasteiger partial charge in [0.05, 0.1) is 11.6 Å². The van der Waals surface area contributed by atoms with Crippen molar-refractivity contribution in [3.63, 3.8) is 0 Å². The van der Waals surface area contributed by atoms with Crippen molar-refractivity contribution >= 4 is 23.5 Å². The first kappa shape index (κ1) is 18.1. The van der Waals surface area contributed by atoms with Crippen LogP contribution in [0.1, 0.15) is 28.9 Å². The van der Waals surface area contributed by atoms with Gasteiger partial charge < -0.3 is 19.5 Å². The third-order valence-electron chi connectivity index (χ3n) is 3.84. The van der Waals surface area contributed by atoms with E-state index in [1.54, 1.807) is 30.3 Å². The molecule has 2 aromatic rings. The van der Waals surface area contributed by atoms with Gasteiger partial charge >= 0.3 is 5.97 Å². The summed E-state index contributed by atoms with van der Waals surface area (Å²) in [6.45, 7) is 2.35. The number of fused-ring (bicyclic) bond motifs is 1. The summed E-state index contributed by atoms with van der Waals surface area (Å²) in [5.74, 6) is 0.0709. The second-order valence-corrected chi connectivity index (χ2v) is 6.22. The fourth-order valence-corrected chi connectivity index (χ4v) is 2.73. The van der Waals surface area contributed by atoms with E-state index < -0.39 is 11.9 Å². The molecule has 0 spiro atoms. The highest BCUT2D eigenvalue weighted by Gasteiger charge is 2.17. The highest BCUT2D eigenvalue weighted by molar-refractivity contribution is 6.30. The summed E-state index contributed by atoms with van der Waals surface area (Å²) in [7, 11) is 0. The monoisotopic (exact) mass is 375 g/mol. The summed E-state index contributed by atoms with van der Waals surface area (Å²) in [6.07, 6.45) is 0. The van der Waals surface area contributed by atoms with Crippen molar-refractivity contribution in [2.24, 2.45) is 0 Å². The molecule has 1 atom stereocenters. The molecule has 0 aromatic heterocycles. The molecule has 1 heterocycles. The second-order valence-electron chi connectivity index (χ2n) is 5.78. The van der Waals surface area contributed by atoms with E-state index in [-0.39, 0.29) is 12.6 Å². The molecule has 0 fully saturated rings. The van der Waals surface area contributed by atoms with E-state index in [2.05, 4.69) is 5.32 Å². The Balaban J connectivity index is 1.53. The Morgan fingerprint density at radius 2 is 1.92 bits per heavy atom. The minimum absolute atomic E-state index is 0.255.